The Balaban J connectivity index is 1.64. The van der Waals surface area contributed by atoms with Crippen molar-refractivity contribution >= 4 is 11.6 Å². The van der Waals surface area contributed by atoms with E-state index in [2.05, 4.69) is 65.0 Å². The normalized spacial score (nSPS) is 17.2. The Bertz CT molecular complexity index is 786. The Morgan fingerprint density at radius 1 is 1.08 bits per heavy atom. The van der Waals surface area contributed by atoms with Crippen LogP contribution in [-0.2, 0) is 11.3 Å². The molecule has 4 heteroatoms. The molecule has 2 N–H and O–H groups in total. The van der Waals surface area contributed by atoms with Crippen molar-refractivity contribution in [3.05, 3.63) is 83.5 Å². The smallest absolute Gasteiger partial charge is 0.0723 e. The highest BCUT2D eigenvalue weighted by Crippen LogP contribution is 2.39. The molecule has 4 rings (SSSR count). The topological polar surface area (TPSA) is 41.7 Å². The van der Waals surface area contributed by atoms with Crippen molar-refractivity contribution in [1.29, 1.82) is 0 Å². The lowest BCUT2D eigenvalue weighted by Crippen LogP contribution is -2.26. The third-order valence-corrected chi connectivity index (χ3v) is 4.31. The molecule has 0 spiro atoms. The summed E-state index contributed by atoms with van der Waals surface area (Å²) in [6.07, 6.45) is 17.7. The Morgan fingerprint density at radius 3 is 2.92 bits per heavy atom. The van der Waals surface area contributed by atoms with Crippen LogP contribution in [0.25, 0.3) is 11.6 Å². The number of hydrazine groups is 1. The van der Waals surface area contributed by atoms with Crippen LogP contribution in [0.15, 0.2) is 66.8 Å². The number of fused-ring (bicyclic) bond motifs is 5. The van der Waals surface area contributed by atoms with Crippen molar-refractivity contribution in [3.8, 4) is 0 Å². The van der Waals surface area contributed by atoms with Crippen LogP contribution in [0.3, 0.4) is 0 Å². The zero-order chi connectivity index (χ0) is 16.4. The number of allylic oxidation sites excluding steroid dienone is 5. The number of ether oxygens (including phenoxy) is 1. The van der Waals surface area contributed by atoms with E-state index in [9.17, 15) is 0 Å². The molecule has 0 bridgehead atoms. The second-order valence-electron chi connectivity index (χ2n) is 5.98. The van der Waals surface area contributed by atoms with E-state index in [1.54, 1.807) is 0 Å². The predicted octanol–water partition coefficient (Wildman–Crippen LogP) is 3.38. The largest absolute Gasteiger partial charge is 0.377 e. The van der Waals surface area contributed by atoms with Gasteiger partial charge in [0.15, 0.2) is 0 Å². The lowest BCUT2D eigenvalue weighted by atomic mass is 9.97. The number of rotatable bonds is 5. The van der Waals surface area contributed by atoms with Crippen LogP contribution < -0.4 is 5.73 Å². The monoisotopic (exact) mass is 319 g/mol. The van der Waals surface area contributed by atoms with Gasteiger partial charge >= 0.3 is 0 Å². The molecule has 4 nitrogen and oxygen atoms in total. The molecule has 0 aromatic heterocycles. The van der Waals surface area contributed by atoms with E-state index < -0.39 is 0 Å². The quantitative estimate of drug-likeness (QED) is 0.845. The van der Waals surface area contributed by atoms with E-state index in [0.717, 1.165) is 6.42 Å². The summed E-state index contributed by atoms with van der Waals surface area (Å²) in [7, 11) is 0. The predicted molar refractivity (Wildman–Crippen MR) is 96.8 cm³/mol. The number of hydrogen-bond acceptors (Lipinski definition) is 4. The summed E-state index contributed by atoms with van der Waals surface area (Å²) in [6, 6.07) is 6.54. The maximum absolute atomic E-state index is 5.71. The van der Waals surface area contributed by atoms with Crippen LogP contribution in [0.2, 0.25) is 0 Å². The van der Waals surface area contributed by atoms with Gasteiger partial charge in [-0.05, 0) is 54.0 Å². The van der Waals surface area contributed by atoms with Gasteiger partial charge in [0.05, 0.1) is 12.3 Å². The van der Waals surface area contributed by atoms with Gasteiger partial charge in [0.1, 0.15) is 0 Å². The van der Waals surface area contributed by atoms with Gasteiger partial charge in [-0.2, -0.15) is 0 Å². The molecule has 2 heterocycles. The fourth-order valence-electron chi connectivity index (χ4n) is 3.11. The zero-order valence-corrected chi connectivity index (χ0v) is 13.6. The molecule has 0 fully saturated rings. The molecule has 1 aliphatic carbocycles. The molecule has 3 aliphatic rings. The van der Waals surface area contributed by atoms with Crippen molar-refractivity contribution in [1.82, 2.24) is 10.0 Å². The summed E-state index contributed by atoms with van der Waals surface area (Å²) < 4.78 is 5.71. The van der Waals surface area contributed by atoms with E-state index >= 15 is 0 Å². The summed E-state index contributed by atoms with van der Waals surface area (Å²) in [4.78, 5) is 0. The van der Waals surface area contributed by atoms with Crippen molar-refractivity contribution in [2.24, 2.45) is 5.73 Å². The number of hydrogen-bond donors (Lipinski definition) is 1. The summed E-state index contributed by atoms with van der Waals surface area (Å²) in [6.45, 7) is 2.00. The van der Waals surface area contributed by atoms with Gasteiger partial charge in [-0.1, -0.05) is 24.3 Å². The van der Waals surface area contributed by atoms with Crippen LogP contribution in [0.4, 0.5) is 0 Å². The van der Waals surface area contributed by atoms with Crippen molar-refractivity contribution in [3.63, 3.8) is 0 Å². The fourth-order valence-corrected chi connectivity index (χ4v) is 3.11. The Morgan fingerprint density at radius 2 is 2.00 bits per heavy atom. The number of benzene rings is 1. The molecule has 0 radical (unpaired) electrons. The van der Waals surface area contributed by atoms with Crippen LogP contribution in [0.5, 0.6) is 0 Å². The highest BCUT2D eigenvalue weighted by atomic mass is 16.5. The molecule has 1 aromatic carbocycles. The summed E-state index contributed by atoms with van der Waals surface area (Å²) in [5.74, 6) is 0. The van der Waals surface area contributed by atoms with Crippen molar-refractivity contribution < 1.29 is 4.74 Å². The molecule has 0 saturated heterocycles. The minimum atomic E-state index is 0.622. The van der Waals surface area contributed by atoms with E-state index in [1.807, 2.05) is 12.2 Å². The summed E-state index contributed by atoms with van der Waals surface area (Å²) >= 11 is 0. The minimum Gasteiger partial charge on any atom is -0.377 e. The standard InChI is InChI=1S/C20H21N3O/c21-9-4-12-24-15-16-7-8-17-5-3-6-20-19(18(17)13-16)14-22-10-1-2-11-23(20)22/h1-3,5-8,10-11,13-14H,4,9,12,15,21H2. The van der Waals surface area contributed by atoms with Gasteiger partial charge in [0, 0.05) is 30.8 Å². The molecule has 0 atom stereocenters. The number of nitrogens with zero attached hydrogens (tertiary/aromatic N) is 2. The highest BCUT2D eigenvalue weighted by molar-refractivity contribution is 5.87. The third-order valence-electron chi connectivity index (χ3n) is 4.31. The van der Waals surface area contributed by atoms with E-state index in [4.69, 9.17) is 10.5 Å². The van der Waals surface area contributed by atoms with Gasteiger partial charge < -0.3 is 10.5 Å². The summed E-state index contributed by atoms with van der Waals surface area (Å²) in [5, 5.41) is 4.26. The van der Waals surface area contributed by atoms with Gasteiger partial charge in [-0.15, -0.1) is 0 Å². The van der Waals surface area contributed by atoms with Gasteiger partial charge in [0.25, 0.3) is 0 Å². The molecule has 0 saturated carbocycles. The molecular weight excluding hydrogens is 298 g/mol. The molecular formula is C20H21N3O. The maximum atomic E-state index is 5.71. The molecule has 122 valence electrons. The second-order valence-corrected chi connectivity index (χ2v) is 5.98. The first-order chi connectivity index (χ1) is 11.9. The Labute approximate surface area is 142 Å². The first-order valence-corrected chi connectivity index (χ1v) is 8.31. The van der Waals surface area contributed by atoms with E-state index in [-0.39, 0.29) is 0 Å². The Kier molecular flexibility index (Phi) is 4.07. The lowest BCUT2D eigenvalue weighted by Gasteiger charge is -2.27. The Hall–Kier alpha value is -2.56. The SMILES string of the molecule is NCCCOCc1ccc2c(c1)C1=CN3C=CC=CN3C1=CC=C2. The highest BCUT2D eigenvalue weighted by Gasteiger charge is 2.27. The maximum Gasteiger partial charge on any atom is 0.0723 e. The average molecular weight is 319 g/mol. The first-order valence-electron chi connectivity index (χ1n) is 8.31. The van der Waals surface area contributed by atoms with Gasteiger partial charge in [0.2, 0.25) is 0 Å². The van der Waals surface area contributed by atoms with E-state index in [0.29, 0.717) is 19.8 Å². The average Bonchev–Trinajstić information content (AvgIpc) is 2.89. The molecule has 1 aromatic rings. The van der Waals surface area contributed by atoms with Gasteiger partial charge in [-0.25, -0.2) is 0 Å². The minimum absolute atomic E-state index is 0.622. The summed E-state index contributed by atoms with van der Waals surface area (Å²) in [5.41, 5.74) is 11.6. The first kappa shape index (κ1) is 15.0. The van der Waals surface area contributed by atoms with Gasteiger partial charge in [-0.3, -0.25) is 10.0 Å². The van der Waals surface area contributed by atoms with Crippen molar-refractivity contribution in [2.45, 2.75) is 13.0 Å². The molecule has 24 heavy (non-hydrogen) atoms. The number of nitrogens with two attached hydrogens (primary N) is 1. The lowest BCUT2D eigenvalue weighted by molar-refractivity contribution is 0.120. The second kappa shape index (κ2) is 6.51. The van der Waals surface area contributed by atoms with E-state index in [1.165, 1.54) is 28.0 Å². The molecule has 0 amide bonds. The van der Waals surface area contributed by atoms with Crippen LogP contribution in [0.1, 0.15) is 23.1 Å². The van der Waals surface area contributed by atoms with Crippen LogP contribution in [0, 0.1) is 0 Å². The fraction of sp³-hybridized carbons (Fsp3) is 0.200. The van der Waals surface area contributed by atoms with Crippen LogP contribution >= 0.6 is 0 Å². The zero-order valence-electron chi connectivity index (χ0n) is 13.6. The molecule has 2 aliphatic heterocycles. The molecule has 0 unspecified atom stereocenters. The third kappa shape index (κ3) is 2.70. The van der Waals surface area contributed by atoms with Crippen molar-refractivity contribution in [2.75, 3.05) is 13.2 Å². The van der Waals surface area contributed by atoms with Crippen LogP contribution in [-0.4, -0.2) is 23.2 Å².